The van der Waals surface area contributed by atoms with Crippen LogP contribution in [-0.4, -0.2) is 23.8 Å². The second-order valence-corrected chi connectivity index (χ2v) is 5.92. The lowest BCUT2D eigenvalue weighted by atomic mass is 10.1. The zero-order valence-electron chi connectivity index (χ0n) is 13.7. The van der Waals surface area contributed by atoms with Crippen molar-refractivity contribution >= 4 is 11.6 Å². The van der Waals surface area contributed by atoms with Crippen LogP contribution in [0.2, 0.25) is 0 Å². The SMILES string of the molecule is COc1cc(/C(C)=N/NC(=O)[C@H]2C[C@@H]2c2ccccc2)ccc1O. The van der Waals surface area contributed by atoms with E-state index in [9.17, 15) is 9.90 Å². The van der Waals surface area contributed by atoms with Gasteiger partial charge >= 0.3 is 0 Å². The molecule has 0 heterocycles. The highest BCUT2D eigenvalue weighted by molar-refractivity contribution is 6.00. The van der Waals surface area contributed by atoms with Crippen LogP contribution in [0.1, 0.15) is 30.4 Å². The number of hydrogen-bond donors (Lipinski definition) is 2. The van der Waals surface area contributed by atoms with Crippen LogP contribution in [0, 0.1) is 5.92 Å². The number of ether oxygens (including phenoxy) is 1. The number of carbonyl (C=O) groups excluding carboxylic acids is 1. The Labute approximate surface area is 141 Å². The smallest absolute Gasteiger partial charge is 0.243 e. The fourth-order valence-electron chi connectivity index (χ4n) is 2.74. The first-order valence-electron chi connectivity index (χ1n) is 7.86. The number of rotatable bonds is 5. The van der Waals surface area contributed by atoms with E-state index in [0.717, 1.165) is 12.0 Å². The Kier molecular flexibility index (Phi) is 4.51. The van der Waals surface area contributed by atoms with Gasteiger partial charge in [0.15, 0.2) is 11.5 Å². The number of nitrogens with zero attached hydrogens (tertiary/aromatic N) is 1. The summed E-state index contributed by atoms with van der Waals surface area (Å²) in [5.74, 6) is 0.657. The average Bonchev–Trinajstić information content (AvgIpc) is 3.41. The number of amides is 1. The van der Waals surface area contributed by atoms with Gasteiger partial charge in [0, 0.05) is 11.5 Å². The van der Waals surface area contributed by atoms with E-state index in [0.29, 0.717) is 11.5 Å². The molecule has 1 saturated carbocycles. The van der Waals surface area contributed by atoms with Crippen LogP contribution in [-0.2, 0) is 4.79 Å². The molecule has 0 radical (unpaired) electrons. The molecule has 1 amide bonds. The molecule has 2 atom stereocenters. The maximum absolute atomic E-state index is 12.2. The molecular weight excluding hydrogens is 304 g/mol. The first-order valence-corrected chi connectivity index (χ1v) is 7.86. The maximum atomic E-state index is 12.2. The number of carbonyl (C=O) groups is 1. The minimum atomic E-state index is -0.0612. The monoisotopic (exact) mass is 324 g/mol. The van der Waals surface area contributed by atoms with Gasteiger partial charge in [-0.1, -0.05) is 30.3 Å². The number of phenols is 1. The predicted molar refractivity (Wildman–Crippen MR) is 92.3 cm³/mol. The molecule has 1 aliphatic rings. The number of methoxy groups -OCH3 is 1. The van der Waals surface area contributed by atoms with Crippen LogP contribution in [0.25, 0.3) is 0 Å². The summed E-state index contributed by atoms with van der Waals surface area (Å²) in [4.78, 5) is 12.2. The molecule has 3 rings (SSSR count). The second-order valence-electron chi connectivity index (χ2n) is 5.92. The Morgan fingerprint density at radius 2 is 2.00 bits per heavy atom. The zero-order valence-corrected chi connectivity index (χ0v) is 13.7. The van der Waals surface area contributed by atoms with Crippen LogP contribution in [0.4, 0.5) is 0 Å². The van der Waals surface area contributed by atoms with Gasteiger partial charge in [-0.15, -0.1) is 0 Å². The minimum Gasteiger partial charge on any atom is -0.504 e. The molecule has 0 saturated heterocycles. The van der Waals surface area contributed by atoms with E-state index in [4.69, 9.17) is 4.74 Å². The van der Waals surface area contributed by atoms with Crippen LogP contribution in [0.5, 0.6) is 11.5 Å². The molecule has 1 fully saturated rings. The van der Waals surface area contributed by atoms with Crippen molar-refractivity contribution in [2.45, 2.75) is 19.3 Å². The lowest BCUT2D eigenvalue weighted by molar-refractivity contribution is -0.122. The molecule has 0 spiro atoms. The third-order valence-corrected chi connectivity index (χ3v) is 4.29. The summed E-state index contributed by atoms with van der Waals surface area (Å²) in [7, 11) is 1.49. The van der Waals surface area contributed by atoms with Gasteiger partial charge in [0.1, 0.15) is 0 Å². The topological polar surface area (TPSA) is 70.9 Å². The summed E-state index contributed by atoms with van der Waals surface area (Å²) in [6.45, 7) is 1.80. The summed E-state index contributed by atoms with van der Waals surface area (Å²) < 4.78 is 5.08. The van der Waals surface area contributed by atoms with E-state index in [-0.39, 0.29) is 23.5 Å². The molecular formula is C19H20N2O3. The molecule has 0 aromatic heterocycles. The fraction of sp³-hybridized carbons (Fsp3) is 0.263. The third kappa shape index (κ3) is 3.40. The van der Waals surface area contributed by atoms with Crippen LogP contribution in [0.3, 0.4) is 0 Å². The molecule has 5 heteroatoms. The van der Waals surface area contributed by atoms with Gasteiger partial charge in [0.05, 0.1) is 12.8 Å². The lowest BCUT2D eigenvalue weighted by Gasteiger charge is -2.07. The number of phenolic OH excluding ortho intramolecular Hbond substituents is 1. The summed E-state index contributed by atoms with van der Waals surface area (Å²) in [5, 5.41) is 13.8. The van der Waals surface area contributed by atoms with Gasteiger partial charge in [-0.2, -0.15) is 5.10 Å². The lowest BCUT2D eigenvalue weighted by Crippen LogP contribution is -2.21. The van der Waals surface area contributed by atoms with E-state index >= 15 is 0 Å². The Bertz CT molecular complexity index is 771. The van der Waals surface area contributed by atoms with Gasteiger partial charge in [0.25, 0.3) is 0 Å². The van der Waals surface area contributed by atoms with E-state index in [1.54, 1.807) is 25.1 Å². The summed E-state index contributed by atoms with van der Waals surface area (Å²) >= 11 is 0. The molecule has 2 N–H and O–H groups in total. The number of nitrogens with one attached hydrogen (secondary N) is 1. The summed E-state index contributed by atoms with van der Waals surface area (Å²) in [5.41, 5.74) is 5.27. The van der Waals surface area contributed by atoms with Crippen molar-refractivity contribution in [2.24, 2.45) is 11.0 Å². The Balaban J connectivity index is 1.62. The average molecular weight is 324 g/mol. The molecule has 5 nitrogen and oxygen atoms in total. The highest BCUT2D eigenvalue weighted by Gasteiger charge is 2.43. The van der Waals surface area contributed by atoms with Gasteiger partial charge in [0.2, 0.25) is 5.91 Å². The Morgan fingerprint density at radius 3 is 2.71 bits per heavy atom. The number of hydrogen-bond acceptors (Lipinski definition) is 4. The van der Waals surface area contributed by atoms with Gasteiger partial charge in [-0.05, 0) is 43.0 Å². The van der Waals surface area contributed by atoms with Crippen molar-refractivity contribution < 1.29 is 14.6 Å². The number of benzene rings is 2. The van der Waals surface area contributed by atoms with Crippen molar-refractivity contribution in [3.05, 3.63) is 59.7 Å². The summed E-state index contributed by atoms with van der Waals surface area (Å²) in [6.07, 6.45) is 0.859. The largest absolute Gasteiger partial charge is 0.504 e. The molecule has 2 aromatic carbocycles. The molecule has 0 aliphatic heterocycles. The molecule has 0 bridgehead atoms. The minimum absolute atomic E-state index is 0.0155. The van der Waals surface area contributed by atoms with E-state index in [1.165, 1.54) is 12.7 Å². The van der Waals surface area contributed by atoms with E-state index < -0.39 is 0 Å². The first kappa shape index (κ1) is 16.1. The number of aromatic hydroxyl groups is 1. The first-order chi connectivity index (χ1) is 11.6. The Morgan fingerprint density at radius 1 is 1.25 bits per heavy atom. The highest BCUT2D eigenvalue weighted by atomic mass is 16.5. The van der Waals surface area contributed by atoms with Crippen LogP contribution < -0.4 is 10.2 Å². The van der Waals surface area contributed by atoms with Gasteiger partial charge in [-0.25, -0.2) is 5.43 Å². The quantitative estimate of drug-likeness (QED) is 0.656. The van der Waals surface area contributed by atoms with Crippen LogP contribution in [0.15, 0.2) is 53.6 Å². The highest BCUT2D eigenvalue weighted by Crippen LogP contribution is 2.47. The molecule has 2 aromatic rings. The van der Waals surface area contributed by atoms with Crippen molar-refractivity contribution in [3.63, 3.8) is 0 Å². The fourth-order valence-corrected chi connectivity index (χ4v) is 2.74. The molecule has 24 heavy (non-hydrogen) atoms. The van der Waals surface area contributed by atoms with Crippen molar-refractivity contribution in [1.82, 2.24) is 5.43 Å². The number of hydrazone groups is 1. The van der Waals surface area contributed by atoms with Crippen LogP contribution >= 0.6 is 0 Å². The zero-order chi connectivity index (χ0) is 17.1. The summed E-state index contributed by atoms with van der Waals surface area (Å²) in [6, 6.07) is 15.0. The van der Waals surface area contributed by atoms with Gasteiger partial charge in [-0.3, -0.25) is 4.79 Å². The van der Waals surface area contributed by atoms with Crippen molar-refractivity contribution in [3.8, 4) is 11.5 Å². The third-order valence-electron chi connectivity index (χ3n) is 4.29. The Hall–Kier alpha value is -2.82. The standard InChI is InChI=1S/C19H20N2O3/c1-12(14-8-9-17(22)18(10-14)24-2)20-21-19(23)16-11-15(16)13-6-4-3-5-7-13/h3-10,15-16,22H,11H2,1-2H3,(H,21,23)/b20-12+/t15-,16+/m1/s1. The van der Waals surface area contributed by atoms with E-state index in [1.807, 2.05) is 18.2 Å². The molecule has 0 unspecified atom stereocenters. The van der Waals surface area contributed by atoms with Gasteiger partial charge < -0.3 is 9.84 Å². The second kappa shape index (κ2) is 6.74. The normalized spacial score (nSPS) is 19.7. The molecule has 124 valence electrons. The van der Waals surface area contributed by atoms with Crippen molar-refractivity contribution in [2.75, 3.05) is 7.11 Å². The molecule has 1 aliphatic carbocycles. The maximum Gasteiger partial charge on any atom is 0.243 e. The predicted octanol–water partition coefficient (Wildman–Crippen LogP) is 3.04. The van der Waals surface area contributed by atoms with E-state index in [2.05, 4.69) is 22.7 Å². The van der Waals surface area contributed by atoms with Crippen molar-refractivity contribution in [1.29, 1.82) is 0 Å².